The lowest BCUT2D eigenvalue weighted by atomic mass is 10.0. The predicted molar refractivity (Wildman–Crippen MR) is 75.5 cm³/mol. The summed E-state index contributed by atoms with van der Waals surface area (Å²) in [6.45, 7) is 3.95. The van der Waals surface area contributed by atoms with Crippen LogP contribution in [-0.4, -0.2) is 23.9 Å². The second-order valence-corrected chi connectivity index (χ2v) is 5.36. The van der Waals surface area contributed by atoms with Crippen LogP contribution < -0.4 is 0 Å². The molecule has 0 radical (unpaired) electrons. The minimum absolute atomic E-state index is 0.0986. The molecule has 1 fully saturated rings. The van der Waals surface area contributed by atoms with Gasteiger partial charge in [-0.2, -0.15) is 0 Å². The van der Waals surface area contributed by atoms with Crippen molar-refractivity contribution in [3.63, 3.8) is 0 Å². The van der Waals surface area contributed by atoms with Crippen molar-refractivity contribution in [2.45, 2.75) is 19.8 Å². The molecule has 1 aliphatic heterocycles. The molecule has 1 aromatic rings. The molecule has 1 aliphatic rings. The molecule has 96 valence electrons. The van der Waals surface area contributed by atoms with E-state index in [0.717, 1.165) is 25.1 Å². The molecule has 0 spiro atoms. The summed E-state index contributed by atoms with van der Waals surface area (Å²) in [6, 6.07) is 7.50. The fourth-order valence-electron chi connectivity index (χ4n) is 2.27. The third-order valence-electron chi connectivity index (χ3n) is 3.24. The molecular formula is C15H18ClNO. The van der Waals surface area contributed by atoms with Gasteiger partial charge in [0.25, 0.3) is 0 Å². The van der Waals surface area contributed by atoms with Gasteiger partial charge >= 0.3 is 0 Å². The van der Waals surface area contributed by atoms with E-state index in [1.54, 1.807) is 6.08 Å². The van der Waals surface area contributed by atoms with Crippen molar-refractivity contribution in [3.8, 4) is 0 Å². The molecule has 0 bridgehead atoms. The monoisotopic (exact) mass is 263 g/mol. The van der Waals surface area contributed by atoms with Crippen LogP contribution in [0.15, 0.2) is 30.3 Å². The highest BCUT2D eigenvalue weighted by atomic mass is 35.5. The Morgan fingerprint density at radius 3 is 3.06 bits per heavy atom. The van der Waals surface area contributed by atoms with E-state index < -0.39 is 0 Å². The van der Waals surface area contributed by atoms with Crippen molar-refractivity contribution < 1.29 is 4.79 Å². The molecule has 0 aliphatic carbocycles. The number of hydrogen-bond acceptors (Lipinski definition) is 1. The minimum atomic E-state index is 0.0986. The summed E-state index contributed by atoms with van der Waals surface area (Å²) in [6.07, 6.45) is 5.80. The average molecular weight is 264 g/mol. The van der Waals surface area contributed by atoms with Crippen molar-refractivity contribution in [1.82, 2.24) is 4.90 Å². The zero-order valence-corrected chi connectivity index (χ0v) is 11.4. The van der Waals surface area contributed by atoms with E-state index in [4.69, 9.17) is 11.6 Å². The molecule has 0 N–H and O–H groups in total. The number of likely N-dealkylation sites (tertiary alicyclic amines) is 1. The molecular weight excluding hydrogens is 246 g/mol. The molecule has 2 nitrogen and oxygen atoms in total. The summed E-state index contributed by atoms with van der Waals surface area (Å²) in [5, 5.41) is 0.691. The second kappa shape index (κ2) is 6.05. The molecule has 1 aromatic carbocycles. The van der Waals surface area contributed by atoms with Crippen LogP contribution in [0.5, 0.6) is 0 Å². The number of benzene rings is 1. The highest BCUT2D eigenvalue weighted by Crippen LogP contribution is 2.16. The highest BCUT2D eigenvalue weighted by molar-refractivity contribution is 6.30. The van der Waals surface area contributed by atoms with Crippen LogP contribution in [0.25, 0.3) is 6.08 Å². The van der Waals surface area contributed by atoms with Crippen LogP contribution >= 0.6 is 11.6 Å². The van der Waals surface area contributed by atoms with Gasteiger partial charge in [-0.05, 0) is 42.5 Å². The highest BCUT2D eigenvalue weighted by Gasteiger charge is 2.18. The van der Waals surface area contributed by atoms with Crippen molar-refractivity contribution >= 4 is 23.6 Å². The van der Waals surface area contributed by atoms with Gasteiger partial charge in [0.2, 0.25) is 5.91 Å². The van der Waals surface area contributed by atoms with Crippen LogP contribution in [0, 0.1) is 5.92 Å². The van der Waals surface area contributed by atoms with Gasteiger partial charge in [0.05, 0.1) is 0 Å². The smallest absolute Gasteiger partial charge is 0.246 e. The summed E-state index contributed by atoms with van der Waals surface area (Å²) in [7, 11) is 0. The number of halogens is 1. The van der Waals surface area contributed by atoms with Gasteiger partial charge in [-0.25, -0.2) is 0 Å². The first-order valence-electron chi connectivity index (χ1n) is 6.38. The van der Waals surface area contributed by atoms with Crippen LogP contribution in [0.2, 0.25) is 5.02 Å². The van der Waals surface area contributed by atoms with E-state index in [2.05, 4.69) is 6.92 Å². The van der Waals surface area contributed by atoms with Crippen LogP contribution in [0.1, 0.15) is 25.3 Å². The van der Waals surface area contributed by atoms with Crippen molar-refractivity contribution in [2.75, 3.05) is 13.1 Å². The number of rotatable bonds is 2. The molecule has 0 aromatic heterocycles. The van der Waals surface area contributed by atoms with Crippen LogP contribution in [-0.2, 0) is 4.79 Å². The lowest BCUT2D eigenvalue weighted by molar-refractivity contribution is -0.127. The SMILES string of the molecule is CC1CCCN(C(=O)C=Cc2cccc(Cl)c2)C1. The fourth-order valence-corrected chi connectivity index (χ4v) is 2.47. The first-order valence-corrected chi connectivity index (χ1v) is 6.75. The maximum atomic E-state index is 12.0. The van der Waals surface area contributed by atoms with E-state index in [0.29, 0.717) is 10.9 Å². The number of nitrogens with zero attached hydrogens (tertiary/aromatic N) is 1. The summed E-state index contributed by atoms with van der Waals surface area (Å²) in [4.78, 5) is 13.9. The van der Waals surface area contributed by atoms with E-state index in [9.17, 15) is 4.79 Å². The van der Waals surface area contributed by atoms with E-state index in [-0.39, 0.29) is 5.91 Å². The van der Waals surface area contributed by atoms with Crippen LogP contribution in [0.4, 0.5) is 0 Å². The summed E-state index contributed by atoms with van der Waals surface area (Å²) >= 11 is 5.90. The average Bonchev–Trinajstić information content (AvgIpc) is 2.36. The van der Waals surface area contributed by atoms with E-state index in [1.165, 1.54) is 6.42 Å². The maximum Gasteiger partial charge on any atom is 0.246 e. The van der Waals surface area contributed by atoms with Gasteiger partial charge in [0.15, 0.2) is 0 Å². The van der Waals surface area contributed by atoms with E-state index >= 15 is 0 Å². The third-order valence-corrected chi connectivity index (χ3v) is 3.47. The second-order valence-electron chi connectivity index (χ2n) is 4.92. The van der Waals surface area contributed by atoms with Crippen molar-refractivity contribution in [2.24, 2.45) is 5.92 Å². The Kier molecular flexibility index (Phi) is 4.43. The molecule has 1 unspecified atom stereocenters. The largest absolute Gasteiger partial charge is 0.339 e. The summed E-state index contributed by atoms with van der Waals surface area (Å²) < 4.78 is 0. The molecule has 3 heteroatoms. The maximum absolute atomic E-state index is 12.0. The van der Waals surface area contributed by atoms with Gasteiger partial charge in [-0.15, -0.1) is 0 Å². The Morgan fingerprint density at radius 1 is 1.50 bits per heavy atom. The Morgan fingerprint density at radius 2 is 2.33 bits per heavy atom. The number of hydrogen-bond donors (Lipinski definition) is 0. The molecule has 1 amide bonds. The standard InChI is InChI=1S/C15H18ClNO/c1-12-4-3-9-17(11-12)15(18)8-7-13-5-2-6-14(16)10-13/h2,5-8,10,12H,3-4,9,11H2,1H3. The Hall–Kier alpha value is -1.28. The van der Waals surface area contributed by atoms with Gasteiger partial charge in [-0.1, -0.05) is 30.7 Å². The predicted octanol–water partition coefficient (Wildman–Crippen LogP) is 3.61. The lowest BCUT2D eigenvalue weighted by Crippen LogP contribution is -2.38. The zero-order chi connectivity index (χ0) is 13.0. The number of carbonyl (C=O) groups is 1. The van der Waals surface area contributed by atoms with Gasteiger partial charge in [0.1, 0.15) is 0 Å². The first-order chi connectivity index (χ1) is 8.65. The van der Waals surface area contributed by atoms with Gasteiger partial charge in [0, 0.05) is 24.2 Å². The Labute approximate surface area is 113 Å². The third kappa shape index (κ3) is 3.61. The fraction of sp³-hybridized carbons (Fsp3) is 0.400. The molecule has 1 atom stereocenters. The Balaban J connectivity index is 1.98. The molecule has 1 saturated heterocycles. The molecule has 1 heterocycles. The molecule has 0 saturated carbocycles. The lowest BCUT2D eigenvalue weighted by Gasteiger charge is -2.30. The summed E-state index contributed by atoms with van der Waals surface area (Å²) in [5.41, 5.74) is 0.959. The number of carbonyl (C=O) groups excluding carboxylic acids is 1. The Bertz CT molecular complexity index is 456. The minimum Gasteiger partial charge on any atom is -0.339 e. The van der Waals surface area contributed by atoms with Gasteiger partial charge < -0.3 is 4.90 Å². The molecule has 18 heavy (non-hydrogen) atoms. The first kappa shape index (κ1) is 13.2. The van der Waals surface area contributed by atoms with Crippen LogP contribution in [0.3, 0.4) is 0 Å². The van der Waals surface area contributed by atoms with Crippen molar-refractivity contribution in [3.05, 3.63) is 40.9 Å². The number of piperidine rings is 1. The topological polar surface area (TPSA) is 20.3 Å². The van der Waals surface area contributed by atoms with E-state index in [1.807, 2.05) is 35.2 Å². The van der Waals surface area contributed by atoms with Crippen molar-refractivity contribution in [1.29, 1.82) is 0 Å². The van der Waals surface area contributed by atoms with Gasteiger partial charge in [-0.3, -0.25) is 4.79 Å². The number of amides is 1. The quantitative estimate of drug-likeness (QED) is 0.747. The zero-order valence-electron chi connectivity index (χ0n) is 10.6. The normalized spacial score (nSPS) is 20.3. The molecule has 2 rings (SSSR count). The summed E-state index contributed by atoms with van der Waals surface area (Å²) in [5.74, 6) is 0.712.